The van der Waals surface area contributed by atoms with E-state index in [2.05, 4.69) is 10.6 Å². The zero-order valence-corrected chi connectivity index (χ0v) is 9.77. The van der Waals surface area contributed by atoms with E-state index < -0.39 is 12.2 Å². The standard InChI is InChI=1S/C12H20N2O2/c1-13-7-6-11(15)12(16)9-4-3-5-10(8-9)14-2/h3-5,8,11-16H,6-7H2,1-2H3. The average Bonchev–Trinajstić information content (AvgIpc) is 2.35. The van der Waals surface area contributed by atoms with Crippen molar-refractivity contribution in [3.63, 3.8) is 0 Å². The highest BCUT2D eigenvalue weighted by molar-refractivity contribution is 5.45. The molecule has 0 fully saturated rings. The number of hydrogen-bond acceptors (Lipinski definition) is 4. The fourth-order valence-electron chi connectivity index (χ4n) is 1.55. The maximum Gasteiger partial charge on any atom is 0.105 e. The molecule has 0 radical (unpaired) electrons. The van der Waals surface area contributed by atoms with Gasteiger partial charge in [0.2, 0.25) is 0 Å². The maximum absolute atomic E-state index is 9.93. The van der Waals surface area contributed by atoms with E-state index in [-0.39, 0.29) is 0 Å². The highest BCUT2D eigenvalue weighted by atomic mass is 16.3. The topological polar surface area (TPSA) is 64.5 Å². The summed E-state index contributed by atoms with van der Waals surface area (Å²) >= 11 is 0. The predicted molar refractivity (Wildman–Crippen MR) is 65.5 cm³/mol. The second-order valence-electron chi connectivity index (χ2n) is 3.78. The molecule has 0 saturated carbocycles. The lowest BCUT2D eigenvalue weighted by atomic mass is 10.0. The van der Waals surface area contributed by atoms with E-state index in [4.69, 9.17) is 0 Å². The lowest BCUT2D eigenvalue weighted by molar-refractivity contribution is 0.0141. The minimum absolute atomic E-state index is 0.529. The van der Waals surface area contributed by atoms with Gasteiger partial charge in [0.05, 0.1) is 6.10 Å². The van der Waals surface area contributed by atoms with Crippen LogP contribution in [0.2, 0.25) is 0 Å². The van der Waals surface area contributed by atoms with E-state index in [1.807, 2.05) is 38.4 Å². The zero-order valence-electron chi connectivity index (χ0n) is 9.77. The molecule has 0 aromatic heterocycles. The van der Waals surface area contributed by atoms with Gasteiger partial charge in [0.15, 0.2) is 0 Å². The number of aliphatic hydroxyl groups is 2. The van der Waals surface area contributed by atoms with Crippen LogP contribution in [0.1, 0.15) is 18.1 Å². The van der Waals surface area contributed by atoms with Crippen LogP contribution in [0.4, 0.5) is 5.69 Å². The molecule has 4 N–H and O–H groups in total. The summed E-state index contributed by atoms with van der Waals surface area (Å²) in [5, 5.41) is 25.6. The van der Waals surface area contributed by atoms with Gasteiger partial charge >= 0.3 is 0 Å². The van der Waals surface area contributed by atoms with Crippen LogP contribution in [-0.4, -0.2) is 37.0 Å². The Balaban J connectivity index is 2.67. The molecular formula is C12H20N2O2. The van der Waals surface area contributed by atoms with E-state index >= 15 is 0 Å². The van der Waals surface area contributed by atoms with Crippen molar-refractivity contribution in [1.29, 1.82) is 0 Å². The van der Waals surface area contributed by atoms with Crippen molar-refractivity contribution in [2.24, 2.45) is 0 Å². The van der Waals surface area contributed by atoms with Crippen LogP contribution in [0.25, 0.3) is 0 Å². The van der Waals surface area contributed by atoms with Crippen LogP contribution in [0, 0.1) is 0 Å². The van der Waals surface area contributed by atoms with Crippen molar-refractivity contribution < 1.29 is 10.2 Å². The van der Waals surface area contributed by atoms with Crippen LogP contribution >= 0.6 is 0 Å². The third kappa shape index (κ3) is 3.48. The molecule has 16 heavy (non-hydrogen) atoms. The highest BCUT2D eigenvalue weighted by Gasteiger charge is 2.17. The van der Waals surface area contributed by atoms with Crippen LogP contribution in [0.5, 0.6) is 0 Å². The second kappa shape index (κ2) is 6.48. The number of nitrogens with one attached hydrogen (secondary N) is 2. The van der Waals surface area contributed by atoms with Crippen molar-refractivity contribution in [1.82, 2.24) is 5.32 Å². The normalized spacial score (nSPS) is 14.5. The third-order valence-corrected chi connectivity index (χ3v) is 2.57. The van der Waals surface area contributed by atoms with E-state index in [1.165, 1.54) is 0 Å². The summed E-state index contributed by atoms with van der Waals surface area (Å²) in [6.45, 7) is 0.684. The lowest BCUT2D eigenvalue weighted by Gasteiger charge is -2.18. The maximum atomic E-state index is 9.93. The van der Waals surface area contributed by atoms with Gasteiger partial charge in [0.1, 0.15) is 6.10 Å². The third-order valence-electron chi connectivity index (χ3n) is 2.57. The minimum atomic E-state index is -0.832. The van der Waals surface area contributed by atoms with Crippen molar-refractivity contribution in [3.8, 4) is 0 Å². The predicted octanol–water partition coefficient (Wildman–Crippen LogP) is 0.732. The molecule has 0 aliphatic heterocycles. The van der Waals surface area contributed by atoms with Gasteiger partial charge in [-0.3, -0.25) is 0 Å². The van der Waals surface area contributed by atoms with Gasteiger partial charge in [-0.15, -0.1) is 0 Å². The smallest absolute Gasteiger partial charge is 0.105 e. The fourth-order valence-corrected chi connectivity index (χ4v) is 1.55. The quantitative estimate of drug-likeness (QED) is 0.575. The summed E-state index contributed by atoms with van der Waals surface area (Å²) in [5.74, 6) is 0. The molecule has 1 rings (SSSR count). The van der Waals surface area contributed by atoms with Gasteiger partial charge in [-0.2, -0.15) is 0 Å². The Hall–Kier alpha value is -1.10. The largest absolute Gasteiger partial charge is 0.390 e. The Morgan fingerprint density at radius 1 is 1.25 bits per heavy atom. The lowest BCUT2D eigenvalue weighted by Crippen LogP contribution is -2.23. The van der Waals surface area contributed by atoms with E-state index in [0.717, 1.165) is 11.3 Å². The first kappa shape index (κ1) is 13.0. The first-order chi connectivity index (χ1) is 7.69. The van der Waals surface area contributed by atoms with Crippen molar-refractivity contribution in [3.05, 3.63) is 29.8 Å². The van der Waals surface area contributed by atoms with Gasteiger partial charge in [0.25, 0.3) is 0 Å². The summed E-state index contributed by atoms with van der Waals surface area (Å²) in [6, 6.07) is 7.42. The molecule has 90 valence electrons. The first-order valence-corrected chi connectivity index (χ1v) is 5.47. The van der Waals surface area contributed by atoms with Gasteiger partial charge < -0.3 is 20.8 Å². The van der Waals surface area contributed by atoms with Gasteiger partial charge in [-0.1, -0.05) is 12.1 Å². The summed E-state index contributed by atoms with van der Waals surface area (Å²) in [6.07, 6.45) is -1.04. The van der Waals surface area contributed by atoms with Crippen LogP contribution in [0.15, 0.2) is 24.3 Å². The molecule has 4 heteroatoms. The van der Waals surface area contributed by atoms with E-state index in [1.54, 1.807) is 0 Å². The first-order valence-electron chi connectivity index (χ1n) is 5.47. The number of aliphatic hydroxyl groups excluding tert-OH is 2. The fraction of sp³-hybridized carbons (Fsp3) is 0.500. The zero-order chi connectivity index (χ0) is 12.0. The Labute approximate surface area is 96.3 Å². The van der Waals surface area contributed by atoms with Crippen molar-refractivity contribution >= 4 is 5.69 Å². The van der Waals surface area contributed by atoms with Gasteiger partial charge in [-0.25, -0.2) is 0 Å². The molecule has 0 saturated heterocycles. The van der Waals surface area contributed by atoms with Crippen molar-refractivity contribution in [2.45, 2.75) is 18.6 Å². The van der Waals surface area contributed by atoms with E-state index in [0.29, 0.717) is 13.0 Å². The molecule has 0 amide bonds. The molecule has 1 aromatic carbocycles. The number of benzene rings is 1. The monoisotopic (exact) mass is 224 g/mol. The average molecular weight is 224 g/mol. The summed E-state index contributed by atoms with van der Waals surface area (Å²) in [4.78, 5) is 0. The molecule has 0 spiro atoms. The van der Waals surface area contributed by atoms with Crippen LogP contribution in [0.3, 0.4) is 0 Å². The summed E-state index contributed by atoms with van der Waals surface area (Å²) < 4.78 is 0. The SMILES string of the molecule is CNCCC(O)C(O)c1cccc(NC)c1. The Bertz CT molecular complexity index is 318. The molecule has 2 atom stereocenters. The molecule has 0 aliphatic carbocycles. The molecule has 2 unspecified atom stereocenters. The van der Waals surface area contributed by atoms with Crippen LogP contribution in [-0.2, 0) is 0 Å². The molecule has 0 bridgehead atoms. The molecule has 1 aromatic rings. The minimum Gasteiger partial charge on any atom is -0.390 e. The van der Waals surface area contributed by atoms with E-state index in [9.17, 15) is 10.2 Å². The Morgan fingerprint density at radius 3 is 2.62 bits per heavy atom. The van der Waals surface area contributed by atoms with Gasteiger partial charge in [-0.05, 0) is 37.7 Å². The van der Waals surface area contributed by atoms with Crippen molar-refractivity contribution in [2.75, 3.05) is 26.0 Å². The number of hydrogen-bond donors (Lipinski definition) is 4. The number of rotatable bonds is 6. The summed E-state index contributed by atoms with van der Waals surface area (Å²) in [5.41, 5.74) is 1.66. The number of anilines is 1. The van der Waals surface area contributed by atoms with Crippen LogP contribution < -0.4 is 10.6 Å². The van der Waals surface area contributed by atoms with Gasteiger partial charge in [0, 0.05) is 12.7 Å². The molecule has 0 heterocycles. The molecule has 0 aliphatic rings. The summed E-state index contributed by atoms with van der Waals surface area (Å²) in [7, 11) is 3.64. The Kier molecular flexibility index (Phi) is 5.25. The Morgan fingerprint density at radius 2 is 2.00 bits per heavy atom. The highest BCUT2D eigenvalue weighted by Crippen LogP contribution is 2.21. The molecular weight excluding hydrogens is 204 g/mol. The molecule has 4 nitrogen and oxygen atoms in total. The second-order valence-corrected chi connectivity index (χ2v) is 3.78.